The topological polar surface area (TPSA) is 37.3 Å². The molecule has 2 nitrogen and oxygen atoms in total. The molecule has 1 fully saturated rings. The van der Waals surface area contributed by atoms with Gasteiger partial charge in [-0.05, 0) is 30.4 Å². The molecular weight excluding hydrogens is 252 g/mol. The van der Waals surface area contributed by atoms with Crippen molar-refractivity contribution in [3.8, 4) is 0 Å². The Labute approximate surface area is 110 Å². The lowest BCUT2D eigenvalue weighted by atomic mass is 10.1. The van der Waals surface area contributed by atoms with E-state index in [9.17, 15) is 9.90 Å². The molecule has 1 atom stereocenters. The number of aldehydes is 1. The Kier molecular flexibility index (Phi) is 4.17. The molecule has 0 amide bonds. The maximum absolute atomic E-state index is 10.6. The van der Waals surface area contributed by atoms with E-state index >= 15 is 0 Å². The lowest BCUT2D eigenvalue weighted by molar-refractivity contribution is 0.112. The highest BCUT2D eigenvalue weighted by atomic mass is 32.2. The quantitative estimate of drug-likeness (QED) is 0.855. The summed E-state index contributed by atoms with van der Waals surface area (Å²) in [4.78, 5) is 10.6. The Morgan fingerprint density at radius 3 is 2.41 bits per heavy atom. The van der Waals surface area contributed by atoms with Crippen molar-refractivity contribution in [2.24, 2.45) is 0 Å². The molecule has 92 valence electrons. The molecular formula is C13H16O2S2. The Hall–Kier alpha value is -0.450. The molecule has 0 radical (unpaired) electrons. The Balaban J connectivity index is 2.17. The maximum atomic E-state index is 10.6. The van der Waals surface area contributed by atoms with Crippen LogP contribution in [0.3, 0.4) is 0 Å². The molecule has 0 saturated carbocycles. The molecule has 1 saturated heterocycles. The van der Waals surface area contributed by atoms with E-state index in [0.29, 0.717) is 5.56 Å². The van der Waals surface area contributed by atoms with E-state index in [1.165, 1.54) is 6.42 Å². The molecule has 2 rings (SSSR count). The fourth-order valence-electron chi connectivity index (χ4n) is 1.87. The van der Waals surface area contributed by atoms with E-state index in [4.69, 9.17) is 0 Å². The third-order valence-corrected chi connectivity index (χ3v) is 6.24. The molecule has 17 heavy (non-hydrogen) atoms. The van der Waals surface area contributed by atoms with Crippen LogP contribution in [0, 0.1) is 0 Å². The second-order valence-electron chi connectivity index (χ2n) is 4.25. The number of thioether (sulfide) groups is 2. The van der Waals surface area contributed by atoms with Crippen molar-refractivity contribution in [1.82, 2.24) is 0 Å². The summed E-state index contributed by atoms with van der Waals surface area (Å²) in [5.41, 5.74) is 1.54. The monoisotopic (exact) mass is 268 g/mol. The zero-order valence-corrected chi connectivity index (χ0v) is 11.4. The second-order valence-corrected chi connectivity index (χ2v) is 7.60. The second kappa shape index (κ2) is 5.46. The van der Waals surface area contributed by atoms with Gasteiger partial charge >= 0.3 is 0 Å². The summed E-state index contributed by atoms with van der Waals surface area (Å²) in [6, 6.07) is 7.20. The van der Waals surface area contributed by atoms with Crippen molar-refractivity contribution in [1.29, 1.82) is 0 Å². The normalized spacial score (nSPS) is 20.8. The minimum atomic E-state index is -0.487. The molecule has 1 unspecified atom stereocenters. The van der Waals surface area contributed by atoms with Gasteiger partial charge in [-0.1, -0.05) is 24.3 Å². The van der Waals surface area contributed by atoms with Crippen molar-refractivity contribution in [2.75, 3.05) is 11.5 Å². The standard InChI is InChI=1S/C13H16O2S2/c1-13(16-7-2-8-17-13)12(15)11-5-3-10(9-14)4-6-11/h3-6,9,12,15H,2,7-8H2,1H3. The number of aliphatic hydroxyl groups excluding tert-OH is 1. The first-order chi connectivity index (χ1) is 8.15. The number of benzene rings is 1. The molecule has 1 aromatic carbocycles. The van der Waals surface area contributed by atoms with Crippen molar-refractivity contribution < 1.29 is 9.90 Å². The molecule has 0 bridgehead atoms. The smallest absolute Gasteiger partial charge is 0.150 e. The zero-order valence-electron chi connectivity index (χ0n) is 9.76. The summed E-state index contributed by atoms with van der Waals surface area (Å²) in [6.45, 7) is 2.10. The highest BCUT2D eigenvalue weighted by Gasteiger charge is 2.36. The molecule has 4 heteroatoms. The predicted octanol–water partition coefficient (Wildman–Crippen LogP) is 3.12. The third-order valence-electron chi connectivity index (χ3n) is 2.95. The van der Waals surface area contributed by atoms with Crippen LogP contribution in [0.4, 0.5) is 0 Å². The summed E-state index contributed by atoms with van der Waals surface area (Å²) in [7, 11) is 0. The minimum absolute atomic E-state index is 0.166. The van der Waals surface area contributed by atoms with Gasteiger partial charge in [-0.15, -0.1) is 23.5 Å². The van der Waals surface area contributed by atoms with Crippen LogP contribution < -0.4 is 0 Å². The lowest BCUT2D eigenvalue weighted by Gasteiger charge is -2.36. The van der Waals surface area contributed by atoms with Gasteiger partial charge in [0.25, 0.3) is 0 Å². The van der Waals surface area contributed by atoms with E-state index < -0.39 is 6.10 Å². The van der Waals surface area contributed by atoms with Gasteiger partial charge in [-0.3, -0.25) is 4.79 Å². The Morgan fingerprint density at radius 2 is 1.88 bits per heavy atom. The molecule has 0 aliphatic carbocycles. The van der Waals surface area contributed by atoms with Gasteiger partial charge < -0.3 is 5.11 Å². The molecule has 1 heterocycles. The third kappa shape index (κ3) is 2.87. The van der Waals surface area contributed by atoms with E-state index in [1.54, 1.807) is 12.1 Å². The van der Waals surface area contributed by atoms with Crippen molar-refractivity contribution in [3.05, 3.63) is 35.4 Å². The highest BCUT2D eigenvalue weighted by Crippen LogP contribution is 2.49. The van der Waals surface area contributed by atoms with Crippen LogP contribution in [-0.2, 0) is 0 Å². The van der Waals surface area contributed by atoms with Crippen LogP contribution in [-0.4, -0.2) is 27.0 Å². The van der Waals surface area contributed by atoms with Gasteiger partial charge in [-0.25, -0.2) is 0 Å². The van der Waals surface area contributed by atoms with Gasteiger partial charge in [0.2, 0.25) is 0 Å². The fraction of sp³-hybridized carbons (Fsp3) is 0.462. The average Bonchev–Trinajstić information content (AvgIpc) is 2.39. The van der Waals surface area contributed by atoms with E-state index in [1.807, 2.05) is 35.7 Å². The number of aliphatic hydroxyl groups is 1. The first-order valence-corrected chi connectivity index (χ1v) is 7.64. The molecule has 1 aliphatic heterocycles. The molecule has 1 aliphatic rings. The van der Waals surface area contributed by atoms with Gasteiger partial charge in [-0.2, -0.15) is 0 Å². The number of rotatable bonds is 3. The van der Waals surface area contributed by atoms with Crippen LogP contribution >= 0.6 is 23.5 Å². The number of hydrogen-bond acceptors (Lipinski definition) is 4. The molecule has 1 aromatic rings. The number of carbonyl (C=O) groups is 1. The van der Waals surface area contributed by atoms with Crippen LogP contribution in [0.15, 0.2) is 24.3 Å². The first-order valence-electron chi connectivity index (χ1n) is 5.67. The lowest BCUT2D eigenvalue weighted by Crippen LogP contribution is -2.29. The van der Waals surface area contributed by atoms with E-state index in [2.05, 4.69) is 6.92 Å². The van der Waals surface area contributed by atoms with Gasteiger partial charge in [0, 0.05) is 5.56 Å². The average molecular weight is 268 g/mol. The molecule has 0 aromatic heterocycles. The maximum Gasteiger partial charge on any atom is 0.150 e. The molecule has 0 spiro atoms. The predicted molar refractivity (Wildman–Crippen MR) is 74.7 cm³/mol. The SMILES string of the molecule is CC1(C(O)c2ccc(C=O)cc2)SCCCS1. The van der Waals surface area contributed by atoms with E-state index in [0.717, 1.165) is 23.4 Å². The summed E-state index contributed by atoms with van der Waals surface area (Å²) >= 11 is 3.64. The van der Waals surface area contributed by atoms with Gasteiger partial charge in [0.1, 0.15) is 12.4 Å². The zero-order chi connectivity index (χ0) is 12.3. The highest BCUT2D eigenvalue weighted by molar-refractivity contribution is 8.18. The molecule has 1 N–H and O–H groups in total. The van der Waals surface area contributed by atoms with E-state index in [-0.39, 0.29) is 4.08 Å². The Bertz CT molecular complexity index is 383. The van der Waals surface area contributed by atoms with Crippen molar-refractivity contribution in [2.45, 2.75) is 23.5 Å². The fourth-order valence-corrected chi connectivity index (χ4v) is 4.86. The number of hydrogen-bond donors (Lipinski definition) is 1. The largest absolute Gasteiger partial charge is 0.386 e. The van der Waals surface area contributed by atoms with Crippen LogP contribution in [0.25, 0.3) is 0 Å². The van der Waals surface area contributed by atoms with Gasteiger partial charge in [0.05, 0.1) is 4.08 Å². The summed E-state index contributed by atoms with van der Waals surface area (Å²) in [5.74, 6) is 2.21. The first kappa shape index (κ1) is 13.0. The summed E-state index contributed by atoms with van der Waals surface area (Å²) < 4.78 is -0.166. The summed E-state index contributed by atoms with van der Waals surface area (Å²) in [6.07, 6.45) is 1.54. The van der Waals surface area contributed by atoms with Crippen molar-refractivity contribution >= 4 is 29.8 Å². The number of carbonyl (C=O) groups excluding carboxylic acids is 1. The van der Waals surface area contributed by atoms with Gasteiger partial charge in [0.15, 0.2) is 0 Å². The Morgan fingerprint density at radius 1 is 1.29 bits per heavy atom. The summed E-state index contributed by atoms with van der Waals surface area (Å²) in [5, 5.41) is 10.4. The minimum Gasteiger partial charge on any atom is -0.386 e. The van der Waals surface area contributed by atoms with Crippen LogP contribution in [0.1, 0.15) is 35.4 Å². The van der Waals surface area contributed by atoms with Crippen LogP contribution in [0.2, 0.25) is 0 Å². The van der Waals surface area contributed by atoms with Crippen molar-refractivity contribution in [3.63, 3.8) is 0 Å². The van der Waals surface area contributed by atoms with Crippen LogP contribution in [0.5, 0.6) is 0 Å².